The number of allylic oxidation sites excluding steroid dienone is 8. The van der Waals surface area contributed by atoms with Crippen LogP contribution in [0.3, 0.4) is 0 Å². The molecular weight excluding hydrogens is 817 g/mol. The number of rotatable bonds is 10. The Balaban J connectivity index is 1.29. The van der Waals surface area contributed by atoms with E-state index in [0.717, 1.165) is 11.1 Å². The lowest BCUT2D eigenvalue weighted by atomic mass is 9.86. The average Bonchev–Trinajstić information content (AvgIpc) is 3.78. The Kier molecular flexibility index (Phi) is 10.3. The highest BCUT2D eigenvalue weighted by Gasteiger charge is 2.38. The van der Waals surface area contributed by atoms with Gasteiger partial charge in [0.2, 0.25) is 0 Å². The van der Waals surface area contributed by atoms with Crippen molar-refractivity contribution in [2.45, 2.75) is 9.79 Å². The Morgan fingerprint density at radius 3 is 0.645 bits per heavy atom. The van der Waals surface area contributed by atoms with Gasteiger partial charge in [-0.25, -0.2) is 0 Å². The van der Waals surface area contributed by atoms with Gasteiger partial charge in [0.15, 0.2) is 11.6 Å². The molecule has 0 saturated carbocycles. The molecule has 0 heterocycles. The average molecular weight is 851 g/mol. The van der Waals surface area contributed by atoms with Gasteiger partial charge in [0.05, 0.1) is 9.79 Å². The highest BCUT2D eigenvalue weighted by atomic mass is 32.2. The lowest BCUT2D eigenvalue weighted by Crippen LogP contribution is -2.03. The number of carbonyl (C=O) groups excluding carboxylic acids is 2. The van der Waals surface area contributed by atoms with E-state index < -0.39 is 20.2 Å². The summed E-state index contributed by atoms with van der Waals surface area (Å²) in [6, 6.07) is 56.5. The Labute approximate surface area is 358 Å². The van der Waals surface area contributed by atoms with Crippen LogP contribution in [-0.2, 0) is 29.8 Å². The first-order valence-electron chi connectivity index (χ1n) is 19.5. The third-order valence-electron chi connectivity index (χ3n) is 11.0. The summed E-state index contributed by atoms with van der Waals surface area (Å²) >= 11 is 0. The first kappa shape index (κ1) is 40.1. The minimum absolute atomic E-state index is 0.261. The van der Waals surface area contributed by atoms with Crippen LogP contribution in [-0.4, -0.2) is 37.5 Å². The van der Waals surface area contributed by atoms with Crippen molar-refractivity contribution >= 4 is 76.4 Å². The van der Waals surface area contributed by atoms with E-state index in [2.05, 4.69) is 0 Å². The molecule has 7 aromatic carbocycles. The van der Waals surface area contributed by atoms with E-state index in [1.807, 2.05) is 146 Å². The van der Waals surface area contributed by atoms with Crippen molar-refractivity contribution in [1.29, 1.82) is 0 Å². The van der Waals surface area contributed by atoms with Crippen LogP contribution in [0, 0.1) is 0 Å². The third kappa shape index (κ3) is 7.31. The predicted molar refractivity (Wildman–Crippen MR) is 242 cm³/mol. The second kappa shape index (κ2) is 15.9. The highest BCUT2D eigenvalue weighted by molar-refractivity contribution is 7.86. The molecule has 0 saturated heterocycles. The van der Waals surface area contributed by atoms with E-state index >= 15 is 0 Å². The van der Waals surface area contributed by atoms with Crippen LogP contribution >= 0.6 is 0 Å². The molecular formula is C52H34O8S2. The van der Waals surface area contributed by atoms with Crippen molar-refractivity contribution in [3.63, 3.8) is 0 Å². The van der Waals surface area contributed by atoms with Gasteiger partial charge in [0, 0.05) is 44.6 Å². The molecule has 2 N–H and O–H groups in total. The van der Waals surface area contributed by atoms with Gasteiger partial charge in [-0.1, -0.05) is 170 Å². The van der Waals surface area contributed by atoms with Crippen LogP contribution in [0.4, 0.5) is 0 Å². The summed E-state index contributed by atoms with van der Waals surface area (Å²) in [5, 5.41) is 0. The molecule has 0 radical (unpaired) electrons. The molecule has 10 heteroatoms. The quantitative estimate of drug-likeness (QED) is 0.130. The van der Waals surface area contributed by atoms with Crippen molar-refractivity contribution in [1.82, 2.24) is 0 Å². The molecule has 0 aliphatic heterocycles. The van der Waals surface area contributed by atoms with Crippen LogP contribution in [0.5, 0.6) is 0 Å². The molecule has 0 atom stereocenters. The standard InChI is InChI=1S/C52H34O8S2/c53-51-47(35-17-9-3-10-18-35)43(33-13-5-1-6-14-33)46(50(51)40-27-31-42(32-28-40)62(58,59)60)38-23-21-37(22-24-38)45-44(34-15-7-2-8-16-34)49(39-25-29-41(30-26-39)61(55,56)57)52(54)48(45)36-19-11-4-12-20-36/h1-32H,(H,55,56,57)(H,58,59,60). The van der Waals surface area contributed by atoms with Gasteiger partial charge in [-0.3, -0.25) is 18.7 Å². The monoisotopic (exact) mass is 850 g/mol. The molecule has 2 aliphatic carbocycles. The second-order valence-corrected chi connectivity index (χ2v) is 17.5. The van der Waals surface area contributed by atoms with Gasteiger partial charge in [0.1, 0.15) is 0 Å². The number of ketones is 2. The fourth-order valence-electron chi connectivity index (χ4n) is 8.27. The van der Waals surface area contributed by atoms with E-state index in [1.165, 1.54) is 48.5 Å². The lowest BCUT2D eigenvalue weighted by Gasteiger charge is -2.16. The number of carbonyl (C=O) groups is 2. The maximum atomic E-state index is 14.9. The molecule has 9 rings (SSSR count). The summed E-state index contributed by atoms with van der Waals surface area (Å²) in [6.07, 6.45) is 0. The van der Waals surface area contributed by atoms with Crippen LogP contribution in [0.15, 0.2) is 204 Å². The SMILES string of the molecule is O=C1C(c2ccc(S(=O)(=O)O)cc2)=C(c2ccccc2)C(c2ccc(C3=C(c4ccc(S(=O)(=O)O)cc4)C(=O)C(c4ccccc4)=C3c3ccccc3)cc2)=C1c1ccccc1. The maximum absolute atomic E-state index is 14.9. The Bertz CT molecular complexity index is 3280. The molecule has 0 spiro atoms. The molecule has 2 aliphatic rings. The summed E-state index contributed by atoms with van der Waals surface area (Å²) in [6.45, 7) is 0. The van der Waals surface area contributed by atoms with Gasteiger partial charge in [-0.15, -0.1) is 0 Å². The smallest absolute Gasteiger partial charge is 0.289 e. The Morgan fingerprint density at radius 2 is 0.419 bits per heavy atom. The molecule has 0 fully saturated rings. The fraction of sp³-hybridized carbons (Fsp3) is 0. The first-order valence-corrected chi connectivity index (χ1v) is 22.3. The minimum Gasteiger partial charge on any atom is -0.289 e. The normalized spacial score (nSPS) is 14.7. The lowest BCUT2D eigenvalue weighted by molar-refractivity contribution is -0.109. The molecule has 0 unspecified atom stereocenters. The first-order chi connectivity index (χ1) is 29.9. The Hall–Kier alpha value is -7.34. The molecule has 7 aromatic rings. The number of hydrogen-bond donors (Lipinski definition) is 2. The van der Waals surface area contributed by atoms with Gasteiger partial charge in [0.25, 0.3) is 20.2 Å². The Morgan fingerprint density at radius 1 is 0.242 bits per heavy atom. The summed E-state index contributed by atoms with van der Waals surface area (Å²) in [4.78, 5) is 29.3. The molecule has 0 bridgehead atoms. The van der Waals surface area contributed by atoms with Gasteiger partial charge < -0.3 is 0 Å². The van der Waals surface area contributed by atoms with Crippen LogP contribution in [0.2, 0.25) is 0 Å². The van der Waals surface area contributed by atoms with Crippen molar-refractivity contribution in [2.75, 3.05) is 0 Å². The van der Waals surface area contributed by atoms with E-state index in [1.54, 1.807) is 0 Å². The summed E-state index contributed by atoms with van der Waals surface area (Å²) in [7, 11) is -8.99. The highest BCUT2D eigenvalue weighted by Crippen LogP contribution is 2.52. The van der Waals surface area contributed by atoms with E-state index in [0.29, 0.717) is 78.0 Å². The van der Waals surface area contributed by atoms with Crippen molar-refractivity contribution in [3.8, 4) is 0 Å². The van der Waals surface area contributed by atoms with Crippen LogP contribution in [0.1, 0.15) is 44.5 Å². The molecule has 0 aromatic heterocycles. The van der Waals surface area contributed by atoms with Crippen LogP contribution in [0.25, 0.3) is 44.6 Å². The van der Waals surface area contributed by atoms with E-state index in [-0.39, 0.29) is 21.4 Å². The van der Waals surface area contributed by atoms with Gasteiger partial charge >= 0.3 is 0 Å². The van der Waals surface area contributed by atoms with Crippen molar-refractivity contribution < 1.29 is 35.5 Å². The largest absolute Gasteiger partial charge is 0.294 e. The third-order valence-corrected chi connectivity index (χ3v) is 12.7. The van der Waals surface area contributed by atoms with Crippen molar-refractivity contribution in [3.05, 3.63) is 239 Å². The van der Waals surface area contributed by atoms with Gasteiger partial charge in [-0.05, 0) is 68.8 Å². The number of Topliss-reactive ketones (excluding diaryl/α,β-unsaturated/α-hetero) is 2. The number of hydrogen-bond acceptors (Lipinski definition) is 6. The van der Waals surface area contributed by atoms with Gasteiger partial charge in [-0.2, -0.15) is 16.8 Å². The summed E-state index contributed by atoms with van der Waals surface area (Å²) < 4.78 is 67.5. The zero-order chi connectivity index (χ0) is 43.2. The van der Waals surface area contributed by atoms with Crippen LogP contribution < -0.4 is 0 Å². The zero-order valence-electron chi connectivity index (χ0n) is 32.6. The second-order valence-electron chi connectivity index (χ2n) is 14.7. The van der Waals surface area contributed by atoms with E-state index in [4.69, 9.17) is 0 Å². The molecule has 302 valence electrons. The maximum Gasteiger partial charge on any atom is 0.294 e. The topological polar surface area (TPSA) is 143 Å². The molecule has 0 amide bonds. The molecule has 8 nitrogen and oxygen atoms in total. The molecule has 62 heavy (non-hydrogen) atoms. The summed E-state index contributed by atoms with van der Waals surface area (Å²) in [5.74, 6) is -0.529. The minimum atomic E-state index is -4.50. The van der Waals surface area contributed by atoms with Crippen molar-refractivity contribution in [2.24, 2.45) is 0 Å². The number of benzene rings is 7. The summed E-state index contributed by atoms with van der Waals surface area (Å²) in [5.41, 5.74) is 9.41. The zero-order valence-corrected chi connectivity index (χ0v) is 34.3. The predicted octanol–water partition coefficient (Wildman–Crippen LogP) is 10.4. The fourth-order valence-corrected chi connectivity index (χ4v) is 9.23. The van der Waals surface area contributed by atoms with E-state index in [9.17, 15) is 35.5 Å².